The molecule has 0 saturated carbocycles. The van der Waals surface area contributed by atoms with E-state index in [1.807, 2.05) is 0 Å². The highest BCUT2D eigenvalue weighted by Gasteiger charge is 2.19. The van der Waals surface area contributed by atoms with Crippen molar-refractivity contribution in [1.29, 1.82) is 0 Å². The molecule has 0 radical (unpaired) electrons. The molecule has 13 nitrogen and oxygen atoms in total. The SMILES string of the molecule is COc1cnc2ccc(=O)n(CC3OCCO3)c2n1.COc1cnc2ccc(=O)n(CC=O)c2n1. The van der Waals surface area contributed by atoms with Gasteiger partial charge >= 0.3 is 0 Å². The van der Waals surface area contributed by atoms with Gasteiger partial charge in [0.1, 0.15) is 17.3 Å². The lowest BCUT2D eigenvalue weighted by atomic mass is 10.4. The topological polar surface area (TPSA) is 150 Å². The number of hydrogen-bond acceptors (Lipinski definition) is 11. The maximum absolute atomic E-state index is 12.0. The highest BCUT2D eigenvalue weighted by atomic mass is 16.7. The van der Waals surface area contributed by atoms with Crippen LogP contribution in [0.5, 0.6) is 11.8 Å². The molecule has 1 fully saturated rings. The first kappa shape index (κ1) is 23.9. The summed E-state index contributed by atoms with van der Waals surface area (Å²) in [6.07, 6.45) is 3.19. The van der Waals surface area contributed by atoms with Gasteiger partial charge in [-0.05, 0) is 12.1 Å². The fraction of sp³-hybridized carbons (Fsp3) is 0.318. The lowest BCUT2D eigenvalue weighted by molar-refractivity contribution is -0.108. The van der Waals surface area contributed by atoms with Crippen molar-refractivity contribution in [2.75, 3.05) is 27.4 Å². The third-order valence-corrected chi connectivity index (χ3v) is 5.03. The third kappa shape index (κ3) is 5.31. The van der Waals surface area contributed by atoms with Crippen molar-refractivity contribution in [3.05, 3.63) is 57.4 Å². The van der Waals surface area contributed by atoms with Gasteiger partial charge in [0.25, 0.3) is 11.1 Å². The molecule has 4 aromatic rings. The van der Waals surface area contributed by atoms with Gasteiger partial charge in [-0.3, -0.25) is 18.7 Å². The number of nitrogens with zero attached hydrogens (tertiary/aromatic N) is 6. The summed E-state index contributed by atoms with van der Waals surface area (Å²) in [5, 5.41) is 0. The Morgan fingerprint density at radius 1 is 0.886 bits per heavy atom. The van der Waals surface area contributed by atoms with Crippen LogP contribution >= 0.6 is 0 Å². The maximum Gasteiger partial charge on any atom is 0.252 e. The number of aldehydes is 1. The minimum Gasteiger partial charge on any atom is -0.480 e. The van der Waals surface area contributed by atoms with Gasteiger partial charge in [0.15, 0.2) is 17.6 Å². The number of ether oxygens (including phenoxy) is 4. The average Bonchev–Trinajstić information content (AvgIpc) is 3.40. The van der Waals surface area contributed by atoms with E-state index in [0.717, 1.165) is 0 Å². The summed E-state index contributed by atoms with van der Waals surface area (Å²) >= 11 is 0. The zero-order valence-corrected chi connectivity index (χ0v) is 19.0. The van der Waals surface area contributed by atoms with Crippen LogP contribution in [-0.2, 0) is 27.4 Å². The van der Waals surface area contributed by atoms with Crippen LogP contribution in [0.4, 0.5) is 0 Å². The first-order valence-corrected chi connectivity index (χ1v) is 10.5. The molecular formula is C22H22N6O7. The van der Waals surface area contributed by atoms with E-state index in [2.05, 4.69) is 19.9 Å². The quantitative estimate of drug-likeness (QED) is 0.346. The monoisotopic (exact) mass is 482 g/mol. The molecule has 1 aliphatic heterocycles. The van der Waals surface area contributed by atoms with Crippen molar-refractivity contribution >= 4 is 28.6 Å². The van der Waals surface area contributed by atoms with Gasteiger partial charge in [-0.2, -0.15) is 9.97 Å². The fourth-order valence-electron chi connectivity index (χ4n) is 3.35. The normalized spacial score (nSPS) is 13.4. The largest absolute Gasteiger partial charge is 0.480 e. The molecule has 35 heavy (non-hydrogen) atoms. The minimum absolute atomic E-state index is 0.0436. The molecule has 1 saturated heterocycles. The van der Waals surface area contributed by atoms with Crippen LogP contribution in [0.25, 0.3) is 22.3 Å². The molecule has 0 amide bonds. The van der Waals surface area contributed by atoms with Crippen LogP contribution < -0.4 is 20.6 Å². The predicted octanol–water partition coefficient (Wildman–Crippen LogP) is 0.172. The molecule has 0 bridgehead atoms. The standard InChI is InChI=1S/C12H13N3O4.C10H9N3O3/c1-17-9-6-13-8-2-3-10(16)15(12(8)14-9)7-11-18-4-5-19-11;1-16-8-6-11-7-2-3-9(15)13(4-5-14)10(7)12-8/h2-3,6,11H,4-5,7H2,1H3;2-3,5-6H,4H2,1H3. The van der Waals surface area contributed by atoms with Crippen molar-refractivity contribution in [3.63, 3.8) is 0 Å². The Morgan fingerprint density at radius 2 is 1.40 bits per heavy atom. The average molecular weight is 482 g/mol. The molecule has 0 aromatic carbocycles. The molecule has 1 aliphatic rings. The summed E-state index contributed by atoms with van der Waals surface area (Å²) in [7, 11) is 2.96. The van der Waals surface area contributed by atoms with Gasteiger partial charge in [-0.1, -0.05) is 0 Å². The number of carbonyl (C=O) groups is 1. The molecule has 5 heterocycles. The lowest BCUT2D eigenvalue weighted by Gasteiger charge is -2.13. The minimum atomic E-state index is -0.420. The maximum atomic E-state index is 12.0. The molecule has 182 valence electrons. The Labute approximate surface area is 197 Å². The van der Waals surface area contributed by atoms with Crippen LogP contribution in [0.1, 0.15) is 0 Å². The first-order valence-electron chi connectivity index (χ1n) is 10.5. The molecule has 0 unspecified atom stereocenters. The van der Waals surface area contributed by atoms with E-state index in [1.54, 1.807) is 12.1 Å². The Hall–Kier alpha value is -4.23. The van der Waals surface area contributed by atoms with E-state index in [0.29, 0.717) is 53.6 Å². The van der Waals surface area contributed by atoms with Crippen molar-refractivity contribution in [1.82, 2.24) is 29.1 Å². The summed E-state index contributed by atoms with van der Waals surface area (Å²) in [4.78, 5) is 50.6. The molecule has 4 aromatic heterocycles. The highest BCUT2D eigenvalue weighted by Crippen LogP contribution is 2.14. The second kappa shape index (κ2) is 10.8. The molecule has 0 N–H and O–H groups in total. The number of hydrogen-bond donors (Lipinski definition) is 0. The van der Waals surface area contributed by atoms with Crippen LogP contribution in [-0.4, -0.2) is 69.1 Å². The number of methoxy groups -OCH3 is 2. The third-order valence-electron chi connectivity index (χ3n) is 5.03. The number of carbonyl (C=O) groups excluding carboxylic acids is 1. The Kier molecular flexibility index (Phi) is 7.38. The van der Waals surface area contributed by atoms with Crippen molar-refractivity contribution in [3.8, 4) is 11.8 Å². The van der Waals surface area contributed by atoms with E-state index in [9.17, 15) is 14.4 Å². The summed E-state index contributed by atoms with van der Waals surface area (Å²) in [5.41, 5.74) is 1.52. The summed E-state index contributed by atoms with van der Waals surface area (Å²) in [6.45, 7) is 1.33. The van der Waals surface area contributed by atoms with Crippen molar-refractivity contribution < 1.29 is 23.7 Å². The second-order valence-corrected chi connectivity index (χ2v) is 7.14. The van der Waals surface area contributed by atoms with Gasteiger partial charge in [-0.25, -0.2) is 9.97 Å². The highest BCUT2D eigenvalue weighted by molar-refractivity contribution is 5.71. The zero-order valence-electron chi connectivity index (χ0n) is 19.0. The van der Waals surface area contributed by atoms with Crippen molar-refractivity contribution in [2.45, 2.75) is 19.4 Å². The number of pyridine rings is 2. The number of fused-ring (bicyclic) bond motifs is 2. The van der Waals surface area contributed by atoms with Crippen LogP contribution in [0, 0.1) is 0 Å². The molecule has 13 heteroatoms. The molecule has 0 spiro atoms. The van der Waals surface area contributed by atoms with E-state index >= 15 is 0 Å². The number of aromatic nitrogens is 6. The van der Waals surface area contributed by atoms with Gasteiger partial charge in [0.2, 0.25) is 11.8 Å². The van der Waals surface area contributed by atoms with Crippen LogP contribution in [0.15, 0.2) is 46.2 Å². The van der Waals surface area contributed by atoms with E-state index < -0.39 is 6.29 Å². The predicted molar refractivity (Wildman–Crippen MR) is 122 cm³/mol. The second-order valence-electron chi connectivity index (χ2n) is 7.14. The van der Waals surface area contributed by atoms with Gasteiger partial charge < -0.3 is 23.7 Å². The molecule has 0 atom stereocenters. The Balaban J connectivity index is 0.000000168. The summed E-state index contributed by atoms with van der Waals surface area (Å²) in [6, 6.07) is 6.01. The van der Waals surface area contributed by atoms with Crippen molar-refractivity contribution in [2.24, 2.45) is 0 Å². The Morgan fingerprint density at radius 3 is 1.91 bits per heavy atom. The molecule has 5 rings (SSSR count). The molecular weight excluding hydrogens is 460 g/mol. The van der Waals surface area contributed by atoms with E-state index in [1.165, 1.54) is 47.9 Å². The summed E-state index contributed by atoms with van der Waals surface area (Å²) < 4.78 is 23.4. The zero-order chi connectivity index (χ0) is 24.8. The van der Waals surface area contributed by atoms with Gasteiger partial charge in [0.05, 0.1) is 52.9 Å². The fourth-order valence-corrected chi connectivity index (χ4v) is 3.35. The first-order chi connectivity index (χ1) is 17.0. The Bertz CT molecular complexity index is 1460. The molecule has 0 aliphatic carbocycles. The van der Waals surface area contributed by atoms with E-state index in [4.69, 9.17) is 18.9 Å². The van der Waals surface area contributed by atoms with E-state index in [-0.39, 0.29) is 24.2 Å². The smallest absolute Gasteiger partial charge is 0.252 e. The van der Waals surface area contributed by atoms with Crippen LogP contribution in [0.2, 0.25) is 0 Å². The number of rotatable bonds is 6. The van der Waals surface area contributed by atoms with Gasteiger partial charge in [0, 0.05) is 12.1 Å². The van der Waals surface area contributed by atoms with Gasteiger partial charge in [-0.15, -0.1) is 0 Å². The summed E-state index contributed by atoms with van der Waals surface area (Å²) in [5.74, 6) is 0.665. The van der Waals surface area contributed by atoms with Crippen LogP contribution in [0.3, 0.4) is 0 Å². The lowest BCUT2D eigenvalue weighted by Crippen LogP contribution is -2.27.